The largest absolute Gasteiger partial charge is 0.598 e. The van der Waals surface area contributed by atoms with Crippen LogP contribution in [0.2, 0.25) is 0 Å². The Morgan fingerprint density at radius 3 is 2.48 bits per heavy atom. The van der Waals surface area contributed by atoms with Crippen molar-refractivity contribution in [2.24, 2.45) is 0 Å². The summed E-state index contributed by atoms with van der Waals surface area (Å²) in [5.41, 5.74) is 0.622. The predicted octanol–water partition coefficient (Wildman–Crippen LogP) is 4.94. The third-order valence-electron chi connectivity index (χ3n) is 4.37. The van der Waals surface area contributed by atoms with Crippen molar-refractivity contribution < 1.29 is 22.5 Å². The molecule has 0 aromatic heterocycles. The summed E-state index contributed by atoms with van der Waals surface area (Å²) < 4.78 is 56.1. The van der Waals surface area contributed by atoms with Gasteiger partial charge in [-0.05, 0) is 51.5 Å². The number of carbonyl (C=O) groups excluding carboxylic acids is 1. The van der Waals surface area contributed by atoms with Crippen molar-refractivity contribution in [2.45, 2.75) is 42.9 Å². The summed E-state index contributed by atoms with van der Waals surface area (Å²) in [6.45, 7) is 5.45. The van der Waals surface area contributed by atoms with Gasteiger partial charge in [-0.1, -0.05) is 0 Å². The molecule has 1 unspecified atom stereocenters. The first-order valence-electron chi connectivity index (χ1n) is 8.97. The van der Waals surface area contributed by atoms with Crippen LogP contribution < -0.4 is 10.0 Å². The molecule has 0 spiro atoms. The summed E-state index contributed by atoms with van der Waals surface area (Å²) in [4.78, 5) is 13.2. The van der Waals surface area contributed by atoms with Crippen LogP contribution in [-0.2, 0) is 11.4 Å². The molecule has 0 radical (unpaired) electrons. The number of hydrogen-bond acceptors (Lipinski definition) is 4. The Labute approximate surface area is 175 Å². The monoisotopic (exact) mass is 442 g/mol. The fourth-order valence-corrected chi connectivity index (χ4v) is 4.97. The molecule has 2 atom stereocenters. The van der Waals surface area contributed by atoms with Gasteiger partial charge in [0, 0.05) is 39.3 Å². The fourth-order valence-electron chi connectivity index (χ4n) is 2.85. The molecule has 1 aliphatic heterocycles. The second kappa shape index (κ2) is 8.59. The molecule has 3 rings (SSSR count). The fraction of sp³-hybridized carbons (Fsp3) is 0.350. The van der Waals surface area contributed by atoms with E-state index < -0.39 is 45.5 Å². The molecule has 0 aliphatic carbocycles. The first-order chi connectivity index (χ1) is 13.6. The zero-order chi connectivity index (χ0) is 21.3. The Morgan fingerprint density at radius 2 is 1.83 bits per heavy atom. The van der Waals surface area contributed by atoms with Gasteiger partial charge < -0.3 is 9.87 Å². The number of halogens is 3. The maximum absolute atomic E-state index is 14.7. The number of carbonyl (C=O) groups is 1. The second-order valence-electron chi connectivity index (χ2n) is 7.61. The minimum absolute atomic E-state index is 0.0938. The van der Waals surface area contributed by atoms with E-state index in [2.05, 4.69) is 10.0 Å². The summed E-state index contributed by atoms with van der Waals surface area (Å²) in [5, 5.41) is 2.51. The lowest BCUT2D eigenvalue weighted by Crippen LogP contribution is -2.42. The highest BCUT2D eigenvalue weighted by Crippen LogP contribution is 2.41. The maximum atomic E-state index is 14.7. The third-order valence-corrected chi connectivity index (χ3v) is 7.15. The number of hydrogen-bond donors (Lipinski definition) is 2. The van der Waals surface area contributed by atoms with Crippen molar-refractivity contribution in [2.75, 3.05) is 11.1 Å². The standard InChI is InChI=1S/C20H21F3N2O2S2/c1-20(2,3)29(27)25-16-8-9-28-18-12(5-7-14(22)17(16)18)19(26)24-11-4-6-13(21)15(23)10-11/h4-7,10,16,25H,8-9H2,1-3H3,(H,24,26)/t16?,29-/m0/s1. The Morgan fingerprint density at radius 1 is 1.14 bits per heavy atom. The maximum Gasteiger partial charge on any atom is 0.256 e. The van der Waals surface area contributed by atoms with Gasteiger partial charge >= 0.3 is 0 Å². The van der Waals surface area contributed by atoms with Crippen molar-refractivity contribution in [3.8, 4) is 0 Å². The average molecular weight is 443 g/mol. The van der Waals surface area contributed by atoms with Crippen molar-refractivity contribution in [3.63, 3.8) is 0 Å². The highest BCUT2D eigenvalue weighted by Gasteiger charge is 2.35. The lowest BCUT2D eigenvalue weighted by molar-refractivity contribution is 0.102. The van der Waals surface area contributed by atoms with E-state index in [9.17, 15) is 22.5 Å². The summed E-state index contributed by atoms with van der Waals surface area (Å²) in [6.07, 6.45) is 0.560. The van der Waals surface area contributed by atoms with Crippen LogP contribution in [0.25, 0.3) is 0 Å². The van der Waals surface area contributed by atoms with E-state index in [1.165, 1.54) is 30.0 Å². The number of anilines is 1. The van der Waals surface area contributed by atoms with Gasteiger partial charge in [0.25, 0.3) is 5.91 Å². The smallest absolute Gasteiger partial charge is 0.256 e. The molecule has 1 amide bonds. The van der Waals surface area contributed by atoms with Crippen LogP contribution in [0.1, 0.15) is 49.2 Å². The molecule has 2 aromatic rings. The van der Waals surface area contributed by atoms with Crippen LogP contribution in [-0.4, -0.2) is 21.0 Å². The van der Waals surface area contributed by atoms with Gasteiger partial charge in [-0.3, -0.25) is 4.79 Å². The topological polar surface area (TPSA) is 64.2 Å². The van der Waals surface area contributed by atoms with E-state index in [4.69, 9.17) is 0 Å². The molecule has 1 heterocycles. The van der Waals surface area contributed by atoms with E-state index in [-0.39, 0.29) is 11.3 Å². The number of rotatable bonds is 4. The average Bonchev–Trinajstić information content (AvgIpc) is 2.64. The molecule has 4 nitrogen and oxygen atoms in total. The lowest BCUT2D eigenvalue weighted by atomic mass is 10.0. The third kappa shape index (κ3) is 4.91. The van der Waals surface area contributed by atoms with E-state index in [1.807, 2.05) is 20.8 Å². The molecule has 2 aromatic carbocycles. The Bertz CT molecular complexity index is 935. The second-order valence-corrected chi connectivity index (χ2v) is 10.7. The van der Waals surface area contributed by atoms with E-state index in [1.54, 1.807) is 0 Å². The van der Waals surface area contributed by atoms with E-state index in [0.29, 0.717) is 22.6 Å². The summed E-state index contributed by atoms with van der Waals surface area (Å²) in [5.74, 6) is -2.52. The Hall–Kier alpha value is -1.68. The van der Waals surface area contributed by atoms with Crippen LogP contribution in [0.3, 0.4) is 0 Å². The summed E-state index contributed by atoms with van der Waals surface area (Å²) >= 11 is -0.0694. The van der Waals surface area contributed by atoms with Gasteiger partial charge in [0.1, 0.15) is 10.6 Å². The zero-order valence-electron chi connectivity index (χ0n) is 16.1. The highest BCUT2D eigenvalue weighted by atomic mass is 32.2. The quantitative estimate of drug-likeness (QED) is 0.658. The number of nitrogens with one attached hydrogen (secondary N) is 2. The van der Waals surface area contributed by atoms with Gasteiger partial charge in [0.2, 0.25) is 0 Å². The van der Waals surface area contributed by atoms with Crippen LogP contribution in [0.15, 0.2) is 35.2 Å². The van der Waals surface area contributed by atoms with E-state index in [0.717, 1.165) is 12.1 Å². The molecule has 9 heteroatoms. The molecule has 0 saturated heterocycles. The van der Waals surface area contributed by atoms with Crippen molar-refractivity contribution in [3.05, 3.63) is 58.9 Å². The summed E-state index contributed by atoms with van der Waals surface area (Å²) in [7, 11) is 0. The van der Waals surface area contributed by atoms with Gasteiger partial charge in [-0.15, -0.1) is 16.5 Å². The number of fused-ring (bicyclic) bond motifs is 1. The molecule has 0 saturated carbocycles. The first-order valence-corrected chi connectivity index (χ1v) is 11.1. The minimum Gasteiger partial charge on any atom is -0.598 e. The molecule has 0 fully saturated rings. The number of amides is 1. The van der Waals surface area contributed by atoms with Crippen LogP contribution >= 0.6 is 11.8 Å². The Balaban J connectivity index is 1.91. The normalized spacial score (nSPS) is 17.6. The van der Waals surface area contributed by atoms with Gasteiger partial charge in [-0.2, -0.15) is 0 Å². The van der Waals surface area contributed by atoms with Crippen molar-refractivity contribution >= 4 is 34.7 Å². The highest BCUT2D eigenvalue weighted by molar-refractivity contribution is 7.99. The SMILES string of the molecule is CC(C)(C)[S@+]([O-])NC1CCSc2c(C(=O)Nc3ccc(F)c(F)c3)ccc(F)c21. The number of thioether (sulfide) groups is 1. The first kappa shape index (κ1) is 22.0. The van der Waals surface area contributed by atoms with Gasteiger partial charge in [0.15, 0.2) is 11.6 Å². The molecule has 156 valence electrons. The van der Waals surface area contributed by atoms with Crippen molar-refractivity contribution in [1.29, 1.82) is 0 Å². The molecular formula is C20H21F3N2O2S2. The van der Waals surface area contributed by atoms with Crippen LogP contribution in [0.5, 0.6) is 0 Å². The molecule has 0 bridgehead atoms. The molecule has 2 N–H and O–H groups in total. The van der Waals surface area contributed by atoms with Crippen LogP contribution in [0, 0.1) is 17.5 Å². The molecular weight excluding hydrogens is 421 g/mol. The van der Waals surface area contributed by atoms with Gasteiger partial charge in [0.05, 0.1) is 11.6 Å². The lowest BCUT2D eigenvalue weighted by Gasteiger charge is -2.31. The van der Waals surface area contributed by atoms with Gasteiger partial charge in [-0.25, -0.2) is 13.2 Å². The van der Waals surface area contributed by atoms with E-state index >= 15 is 0 Å². The number of benzene rings is 2. The van der Waals surface area contributed by atoms with Crippen LogP contribution in [0.4, 0.5) is 18.9 Å². The zero-order valence-corrected chi connectivity index (χ0v) is 17.8. The predicted molar refractivity (Wildman–Crippen MR) is 110 cm³/mol. The van der Waals surface area contributed by atoms with Crippen molar-refractivity contribution in [1.82, 2.24) is 4.72 Å². The minimum atomic E-state index is -1.41. The molecule has 1 aliphatic rings. The summed E-state index contributed by atoms with van der Waals surface area (Å²) in [6, 6.07) is 5.10. The Kier molecular flexibility index (Phi) is 6.52. The molecule has 29 heavy (non-hydrogen) atoms.